The maximum Gasteiger partial charge on any atom is 0.355 e. The molecule has 2 saturated carbocycles. The van der Waals surface area contributed by atoms with Crippen LogP contribution in [0.2, 0.25) is 0 Å². The highest BCUT2D eigenvalue weighted by molar-refractivity contribution is 7.22. The number of thiazole rings is 1. The third kappa shape index (κ3) is 5.87. The van der Waals surface area contributed by atoms with E-state index in [9.17, 15) is 14.7 Å². The minimum atomic E-state index is -1.07. The molecule has 2 aromatic carbocycles. The summed E-state index contributed by atoms with van der Waals surface area (Å²) in [4.78, 5) is 37.7. The molecule has 5 aromatic rings. The molecule has 0 saturated heterocycles. The van der Waals surface area contributed by atoms with E-state index in [1.54, 1.807) is 0 Å². The Balaban J connectivity index is 1.05. The van der Waals surface area contributed by atoms with Gasteiger partial charge in [0.1, 0.15) is 5.82 Å². The summed E-state index contributed by atoms with van der Waals surface area (Å²) in [5.41, 5.74) is 6.13. The molecule has 0 spiro atoms. The molecule has 9 nitrogen and oxygen atoms in total. The molecule has 4 unspecified atom stereocenters. The fourth-order valence-corrected chi connectivity index (χ4v) is 10.4. The lowest BCUT2D eigenvalue weighted by molar-refractivity contribution is -0.0298. The molecule has 0 radical (unpaired) electrons. The Labute approximate surface area is 296 Å². The fraction of sp³-hybridized carbons (Fsp3) is 0.425. The summed E-state index contributed by atoms with van der Waals surface area (Å²) in [6.45, 7) is 8.80. The first kappa shape index (κ1) is 32.6. The van der Waals surface area contributed by atoms with Gasteiger partial charge in [0.15, 0.2) is 10.8 Å². The van der Waals surface area contributed by atoms with Crippen molar-refractivity contribution < 1.29 is 14.7 Å². The molecular weight excluding hydrogens is 645 g/mol. The molecule has 2 N–H and O–H groups in total. The van der Waals surface area contributed by atoms with Gasteiger partial charge in [0.25, 0.3) is 5.91 Å². The monoisotopic (exact) mass is 688 g/mol. The summed E-state index contributed by atoms with van der Waals surface area (Å²) in [5, 5.41) is 18.9. The van der Waals surface area contributed by atoms with Gasteiger partial charge in [-0.2, -0.15) is 5.10 Å². The van der Waals surface area contributed by atoms with Gasteiger partial charge in [0.05, 0.1) is 16.4 Å². The molecule has 2 aliphatic carbocycles. The lowest BCUT2D eigenvalue weighted by Gasteiger charge is -2.52. The molecule has 50 heavy (non-hydrogen) atoms. The minimum absolute atomic E-state index is 0.0198. The summed E-state index contributed by atoms with van der Waals surface area (Å²) >= 11 is 1.45. The highest BCUT2D eigenvalue weighted by atomic mass is 32.1. The SMILES string of the molecule is CCC1CCC2CC(C)CC1(Cn1ncc(-c3ccc(N4CCc5cccc(C(=O)Nc6nc7ccccc7s6)c5C4)nc3C(=O)O)c1C)C2. The zero-order chi connectivity index (χ0) is 34.6. The highest BCUT2D eigenvalue weighted by Gasteiger charge is 2.47. The Morgan fingerprint density at radius 1 is 1.04 bits per heavy atom. The molecule has 1 aliphatic heterocycles. The van der Waals surface area contributed by atoms with Crippen LogP contribution in [0, 0.1) is 30.1 Å². The predicted molar refractivity (Wildman–Crippen MR) is 198 cm³/mol. The van der Waals surface area contributed by atoms with E-state index in [4.69, 9.17) is 10.1 Å². The van der Waals surface area contributed by atoms with Gasteiger partial charge in [-0.25, -0.2) is 14.8 Å². The van der Waals surface area contributed by atoms with Gasteiger partial charge < -0.3 is 10.0 Å². The van der Waals surface area contributed by atoms with Gasteiger partial charge >= 0.3 is 5.97 Å². The summed E-state index contributed by atoms with van der Waals surface area (Å²) in [7, 11) is 0. The van der Waals surface area contributed by atoms with E-state index in [1.807, 2.05) is 54.7 Å². The van der Waals surface area contributed by atoms with Crippen LogP contribution in [0.3, 0.4) is 0 Å². The number of aromatic carboxylic acids is 1. The predicted octanol–water partition coefficient (Wildman–Crippen LogP) is 8.62. The number of para-hydroxylation sites is 1. The zero-order valence-electron chi connectivity index (χ0n) is 29.0. The number of benzene rings is 2. The van der Waals surface area contributed by atoms with E-state index in [-0.39, 0.29) is 17.0 Å². The number of nitrogens with one attached hydrogen (secondary N) is 1. The maximum atomic E-state index is 13.6. The molecule has 8 rings (SSSR count). The Morgan fingerprint density at radius 2 is 1.90 bits per heavy atom. The molecular formula is C40H44N6O3S. The van der Waals surface area contributed by atoms with Crippen LogP contribution in [0.15, 0.2) is 60.8 Å². The summed E-state index contributed by atoms with van der Waals surface area (Å²) in [6, 6.07) is 17.4. The molecule has 1 amide bonds. The van der Waals surface area contributed by atoms with Crippen LogP contribution in [0.25, 0.3) is 21.3 Å². The number of nitrogens with zero attached hydrogens (tertiary/aromatic N) is 5. The Hall–Kier alpha value is -4.57. The molecule has 2 bridgehead atoms. The van der Waals surface area contributed by atoms with Gasteiger partial charge in [-0.1, -0.05) is 62.3 Å². The van der Waals surface area contributed by atoms with Crippen LogP contribution in [0.1, 0.15) is 90.0 Å². The summed E-state index contributed by atoms with van der Waals surface area (Å²) in [5.74, 6) is 1.52. The standard InChI is InChI=1S/C40H44N6O3S/c1-4-28-13-12-26-18-24(2)19-40(28,20-26)23-46-25(3)31(21-41-46)29-14-15-35(43-36(29)38(48)49)45-17-16-27-8-7-9-30(32(27)22-45)37(47)44-39-42-33-10-5-6-11-34(33)50-39/h5-11,14-15,21,24,26,28H,4,12-13,16-20,22-23H2,1-3H3,(H,48,49)(H,42,44,47). The fourth-order valence-electron chi connectivity index (χ4n) is 9.53. The van der Waals surface area contributed by atoms with E-state index in [2.05, 4.69) is 46.7 Å². The zero-order valence-corrected chi connectivity index (χ0v) is 29.8. The molecule has 3 aromatic heterocycles. The van der Waals surface area contributed by atoms with E-state index in [0.29, 0.717) is 41.1 Å². The second kappa shape index (κ2) is 13.0. The smallest absolute Gasteiger partial charge is 0.355 e. The number of pyridine rings is 1. The van der Waals surface area contributed by atoms with E-state index in [1.165, 1.54) is 49.9 Å². The van der Waals surface area contributed by atoms with Crippen molar-refractivity contribution in [3.63, 3.8) is 0 Å². The first-order valence-electron chi connectivity index (χ1n) is 18.0. The molecule has 258 valence electrons. The average Bonchev–Trinajstić information content (AvgIpc) is 3.69. The van der Waals surface area contributed by atoms with Crippen molar-refractivity contribution >= 4 is 44.4 Å². The molecule has 10 heteroatoms. The van der Waals surface area contributed by atoms with Gasteiger partial charge in [-0.05, 0) is 104 Å². The van der Waals surface area contributed by atoms with Crippen LogP contribution in [-0.2, 0) is 19.5 Å². The first-order chi connectivity index (χ1) is 24.2. The lowest BCUT2D eigenvalue weighted by atomic mass is 9.54. The first-order valence-corrected chi connectivity index (χ1v) is 18.8. The van der Waals surface area contributed by atoms with Crippen molar-refractivity contribution in [3.8, 4) is 11.1 Å². The number of anilines is 2. The van der Waals surface area contributed by atoms with Crippen LogP contribution >= 0.6 is 11.3 Å². The number of carbonyl (C=O) groups excluding carboxylic acids is 1. The lowest BCUT2D eigenvalue weighted by Crippen LogP contribution is -2.45. The number of rotatable bonds is 8. The minimum Gasteiger partial charge on any atom is -0.476 e. The van der Waals surface area contributed by atoms with E-state index >= 15 is 0 Å². The van der Waals surface area contributed by atoms with Gasteiger partial charge in [-0.3, -0.25) is 14.8 Å². The number of hydrogen-bond acceptors (Lipinski definition) is 7. The number of carboxylic acid groups (broad SMARTS) is 1. The Bertz CT molecular complexity index is 2070. The number of fused-ring (bicyclic) bond motifs is 4. The Morgan fingerprint density at radius 3 is 2.72 bits per heavy atom. The van der Waals surface area contributed by atoms with E-state index < -0.39 is 5.97 Å². The van der Waals surface area contributed by atoms with Crippen LogP contribution in [0.4, 0.5) is 10.9 Å². The quantitative estimate of drug-likeness (QED) is 0.168. The van der Waals surface area contributed by atoms with Crippen molar-refractivity contribution in [2.45, 2.75) is 78.8 Å². The third-order valence-corrected chi connectivity index (χ3v) is 12.7. The number of carbonyl (C=O) groups is 2. The van der Waals surface area contributed by atoms with Gasteiger partial charge in [0.2, 0.25) is 0 Å². The van der Waals surface area contributed by atoms with Crippen molar-refractivity contribution in [2.24, 2.45) is 23.2 Å². The molecule has 4 heterocycles. The number of carboxylic acids is 1. The second-order valence-electron chi connectivity index (χ2n) is 14.9. The van der Waals surface area contributed by atoms with Gasteiger partial charge in [-0.15, -0.1) is 0 Å². The van der Waals surface area contributed by atoms with Crippen molar-refractivity contribution in [1.82, 2.24) is 19.7 Å². The van der Waals surface area contributed by atoms with Crippen LogP contribution in [-0.4, -0.2) is 43.3 Å². The second-order valence-corrected chi connectivity index (χ2v) is 15.9. The van der Waals surface area contributed by atoms with E-state index in [0.717, 1.165) is 57.4 Å². The maximum absolute atomic E-state index is 13.6. The normalized spacial score (nSPS) is 23.1. The topological polar surface area (TPSA) is 113 Å². The largest absolute Gasteiger partial charge is 0.476 e. The van der Waals surface area contributed by atoms with Crippen LogP contribution in [0.5, 0.6) is 0 Å². The molecule has 3 aliphatic rings. The van der Waals surface area contributed by atoms with Crippen molar-refractivity contribution in [3.05, 3.63) is 88.9 Å². The summed E-state index contributed by atoms with van der Waals surface area (Å²) in [6.07, 6.45) is 10.2. The van der Waals surface area contributed by atoms with Crippen molar-refractivity contribution in [1.29, 1.82) is 0 Å². The highest BCUT2D eigenvalue weighted by Crippen LogP contribution is 2.56. The van der Waals surface area contributed by atoms with Gasteiger partial charge in [0, 0.05) is 42.0 Å². The number of hydrogen-bond donors (Lipinski definition) is 2. The van der Waals surface area contributed by atoms with Crippen molar-refractivity contribution in [2.75, 3.05) is 16.8 Å². The third-order valence-electron chi connectivity index (χ3n) is 11.8. The summed E-state index contributed by atoms with van der Waals surface area (Å²) < 4.78 is 3.15. The average molecular weight is 689 g/mol. The number of aromatic nitrogens is 4. The van der Waals surface area contributed by atoms with Crippen LogP contribution < -0.4 is 10.2 Å². The Kier molecular flexibility index (Phi) is 8.45. The molecule has 2 fully saturated rings. The molecule has 4 atom stereocenters. The number of amides is 1.